The van der Waals surface area contributed by atoms with Crippen LogP contribution < -0.4 is 4.74 Å². The third-order valence-electron chi connectivity index (χ3n) is 1.99. The minimum Gasteiger partial charge on any atom is -0.488 e. The topological polar surface area (TPSA) is 46.5 Å². The summed E-state index contributed by atoms with van der Waals surface area (Å²) in [7, 11) is 0. The van der Waals surface area contributed by atoms with E-state index in [4.69, 9.17) is 9.84 Å². The molecule has 0 aromatic heterocycles. The average molecular weight is 255 g/mol. The zero-order valence-electron chi connectivity index (χ0n) is 7.16. The minimum atomic E-state index is -0.939. The van der Waals surface area contributed by atoms with Crippen LogP contribution in [0.3, 0.4) is 0 Å². The number of rotatable bonds is 1. The molecule has 0 unspecified atom stereocenters. The van der Waals surface area contributed by atoms with Gasteiger partial charge in [0.25, 0.3) is 0 Å². The second-order valence-corrected chi connectivity index (χ2v) is 3.77. The Morgan fingerprint density at radius 2 is 2.29 bits per heavy atom. The van der Waals surface area contributed by atoms with Gasteiger partial charge in [-0.05, 0) is 18.2 Å². The highest BCUT2D eigenvalue weighted by Gasteiger charge is 2.17. The molecule has 1 aromatic rings. The average Bonchev–Trinajstić information content (AvgIpc) is 2.18. The van der Waals surface area contributed by atoms with Gasteiger partial charge in [0.2, 0.25) is 0 Å². The fraction of sp³-hybridized carbons (Fsp3) is 0.100. The van der Waals surface area contributed by atoms with Crippen LogP contribution in [0, 0.1) is 0 Å². The van der Waals surface area contributed by atoms with E-state index in [9.17, 15) is 4.79 Å². The fourth-order valence-corrected chi connectivity index (χ4v) is 1.74. The summed E-state index contributed by atoms with van der Waals surface area (Å²) >= 11 is 3.34. The lowest BCUT2D eigenvalue weighted by atomic mass is 10.1. The summed E-state index contributed by atoms with van der Waals surface area (Å²) in [5.74, 6) is -0.226. The third-order valence-corrected chi connectivity index (χ3v) is 2.68. The number of fused-ring (bicyclic) bond motifs is 1. The standard InChI is InChI=1S/C10H7BrO3/c11-8-2-1-3-9-7(8)4-6(5-14-9)10(12)13/h1-4H,5H2,(H,12,13). The lowest BCUT2D eigenvalue weighted by Gasteiger charge is -2.16. The van der Waals surface area contributed by atoms with Gasteiger partial charge in [-0.1, -0.05) is 22.0 Å². The molecule has 0 aliphatic carbocycles. The molecule has 72 valence electrons. The van der Waals surface area contributed by atoms with Gasteiger partial charge < -0.3 is 9.84 Å². The number of hydrogen-bond acceptors (Lipinski definition) is 2. The summed E-state index contributed by atoms with van der Waals surface area (Å²) in [6.07, 6.45) is 1.63. The SMILES string of the molecule is O=C(O)C1=Cc2c(Br)cccc2OC1. The van der Waals surface area contributed by atoms with Crippen LogP contribution in [0.15, 0.2) is 28.2 Å². The first kappa shape index (κ1) is 9.27. The van der Waals surface area contributed by atoms with Crippen LogP contribution in [0.5, 0.6) is 5.75 Å². The van der Waals surface area contributed by atoms with Gasteiger partial charge >= 0.3 is 5.97 Å². The van der Waals surface area contributed by atoms with Crippen molar-refractivity contribution in [3.63, 3.8) is 0 Å². The van der Waals surface area contributed by atoms with Gasteiger partial charge in [-0.2, -0.15) is 0 Å². The Labute approximate surface area is 89.1 Å². The predicted molar refractivity (Wildman–Crippen MR) is 55.2 cm³/mol. The monoisotopic (exact) mass is 254 g/mol. The summed E-state index contributed by atoms with van der Waals surface area (Å²) in [5.41, 5.74) is 1.06. The minimum absolute atomic E-state index is 0.124. The van der Waals surface area contributed by atoms with Crippen molar-refractivity contribution in [3.05, 3.63) is 33.8 Å². The van der Waals surface area contributed by atoms with E-state index in [0.29, 0.717) is 5.75 Å². The van der Waals surface area contributed by atoms with E-state index in [1.54, 1.807) is 6.08 Å². The normalized spacial score (nSPS) is 13.9. The van der Waals surface area contributed by atoms with Gasteiger partial charge in [-0.3, -0.25) is 0 Å². The number of aliphatic carboxylic acids is 1. The van der Waals surface area contributed by atoms with Gasteiger partial charge in [0.1, 0.15) is 12.4 Å². The van der Waals surface area contributed by atoms with Crippen molar-refractivity contribution in [1.82, 2.24) is 0 Å². The van der Waals surface area contributed by atoms with E-state index < -0.39 is 5.97 Å². The molecule has 1 aliphatic heterocycles. The van der Waals surface area contributed by atoms with E-state index in [-0.39, 0.29) is 12.2 Å². The van der Waals surface area contributed by atoms with Crippen LogP contribution in [0.1, 0.15) is 5.56 Å². The smallest absolute Gasteiger partial charge is 0.335 e. The first-order valence-electron chi connectivity index (χ1n) is 4.03. The third kappa shape index (κ3) is 1.53. The summed E-state index contributed by atoms with van der Waals surface area (Å²) in [6, 6.07) is 5.52. The molecule has 14 heavy (non-hydrogen) atoms. The lowest BCUT2D eigenvalue weighted by molar-refractivity contribution is -0.132. The molecule has 2 rings (SSSR count). The second kappa shape index (κ2) is 3.46. The molecule has 0 saturated carbocycles. The number of ether oxygens (including phenoxy) is 1. The Bertz CT molecular complexity index is 423. The van der Waals surface area contributed by atoms with Crippen LogP contribution in [0.25, 0.3) is 6.08 Å². The zero-order chi connectivity index (χ0) is 10.1. The van der Waals surface area contributed by atoms with Crippen molar-refractivity contribution in [1.29, 1.82) is 0 Å². The van der Waals surface area contributed by atoms with Crippen molar-refractivity contribution in [2.45, 2.75) is 0 Å². The number of benzene rings is 1. The molecule has 0 fully saturated rings. The van der Waals surface area contributed by atoms with Crippen LogP contribution in [0.4, 0.5) is 0 Å². The summed E-state index contributed by atoms with van der Waals surface area (Å²) < 4.78 is 6.14. The van der Waals surface area contributed by atoms with Crippen molar-refractivity contribution < 1.29 is 14.6 Å². The van der Waals surface area contributed by atoms with Crippen LogP contribution in [-0.4, -0.2) is 17.7 Å². The molecule has 0 atom stereocenters. The molecule has 1 heterocycles. The lowest BCUT2D eigenvalue weighted by Crippen LogP contribution is -2.14. The molecule has 0 saturated heterocycles. The predicted octanol–water partition coefficient (Wildman–Crippen LogP) is 2.31. The van der Waals surface area contributed by atoms with E-state index in [0.717, 1.165) is 10.0 Å². The molecule has 1 N–H and O–H groups in total. The zero-order valence-corrected chi connectivity index (χ0v) is 8.74. The highest BCUT2D eigenvalue weighted by molar-refractivity contribution is 9.10. The van der Waals surface area contributed by atoms with Gasteiger partial charge in [-0.15, -0.1) is 0 Å². The van der Waals surface area contributed by atoms with Crippen LogP contribution >= 0.6 is 15.9 Å². The Balaban J connectivity index is 2.52. The number of carbonyl (C=O) groups is 1. The van der Waals surface area contributed by atoms with E-state index in [1.165, 1.54) is 0 Å². The van der Waals surface area contributed by atoms with Crippen molar-refractivity contribution in [2.75, 3.05) is 6.61 Å². The highest BCUT2D eigenvalue weighted by Crippen LogP contribution is 2.32. The molecular weight excluding hydrogens is 248 g/mol. The first-order chi connectivity index (χ1) is 6.68. The summed E-state index contributed by atoms with van der Waals surface area (Å²) in [5, 5.41) is 8.79. The van der Waals surface area contributed by atoms with E-state index in [1.807, 2.05) is 18.2 Å². The van der Waals surface area contributed by atoms with Crippen molar-refractivity contribution >= 4 is 28.0 Å². The fourth-order valence-electron chi connectivity index (χ4n) is 1.28. The van der Waals surface area contributed by atoms with Crippen LogP contribution in [0.2, 0.25) is 0 Å². The van der Waals surface area contributed by atoms with Gasteiger partial charge in [0.15, 0.2) is 0 Å². The highest BCUT2D eigenvalue weighted by atomic mass is 79.9. The number of halogens is 1. The molecule has 0 bridgehead atoms. The maximum atomic E-state index is 10.7. The van der Waals surface area contributed by atoms with E-state index >= 15 is 0 Å². The van der Waals surface area contributed by atoms with Crippen LogP contribution in [-0.2, 0) is 4.79 Å². The van der Waals surface area contributed by atoms with E-state index in [2.05, 4.69) is 15.9 Å². The first-order valence-corrected chi connectivity index (χ1v) is 4.83. The Hall–Kier alpha value is -1.29. The van der Waals surface area contributed by atoms with Gasteiger partial charge in [0, 0.05) is 10.0 Å². The molecule has 1 aromatic carbocycles. The molecule has 0 amide bonds. The Morgan fingerprint density at radius 1 is 1.50 bits per heavy atom. The Kier molecular flexibility index (Phi) is 2.29. The summed E-state index contributed by atoms with van der Waals surface area (Å²) in [6.45, 7) is 0.124. The molecule has 1 aliphatic rings. The van der Waals surface area contributed by atoms with Gasteiger partial charge in [0.05, 0.1) is 5.57 Å². The largest absolute Gasteiger partial charge is 0.488 e. The van der Waals surface area contributed by atoms with Crippen molar-refractivity contribution in [2.24, 2.45) is 0 Å². The molecule has 0 radical (unpaired) electrons. The van der Waals surface area contributed by atoms with Gasteiger partial charge in [-0.25, -0.2) is 4.79 Å². The summed E-state index contributed by atoms with van der Waals surface area (Å²) in [4.78, 5) is 10.7. The maximum Gasteiger partial charge on any atom is 0.335 e. The Morgan fingerprint density at radius 3 is 3.00 bits per heavy atom. The number of hydrogen-bond donors (Lipinski definition) is 1. The molecule has 4 heteroatoms. The quantitative estimate of drug-likeness (QED) is 0.837. The van der Waals surface area contributed by atoms with Crippen molar-refractivity contribution in [3.8, 4) is 5.75 Å². The second-order valence-electron chi connectivity index (χ2n) is 2.92. The molecule has 0 spiro atoms. The maximum absolute atomic E-state index is 10.7. The number of carboxylic acids is 1. The molecular formula is C10H7BrO3. The number of carboxylic acid groups (broad SMARTS) is 1. The molecule has 3 nitrogen and oxygen atoms in total.